The van der Waals surface area contributed by atoms with E-state index in [4.69, 9.17) is 16.7 Å². The third-order valence-electron chi connectivity index (χ3n) is 3.68. The molecule has 1 aromatic carbocycles. The Labute approximate surface area is 123 Å². The number of benzene rings is 1. The lowest BCUT2D eigenvalue weighted by atomic mass is 9.80. The molecule has 0 unspecified atom stereocenters. The molecule has 0 atom stereocenters. The molecule has 0 aliphatic heterocycles. The van der Waals surface area contributed by atoms with E-state index in [2.05, 4.69) is 4.72 Å². The van der Waals surface area contributed by atoms with Gasteiger partial charge < -0.3 is 5.11 Å². The molecular formula is C13H16ClNO4S. The molecule has 0 amide bonds. The maximum absolute atomic E-state index is 12.4. The first kappa shape index (κ1) is 15.3. The summed E-state index contributed by atoms with van der Waals surface area (Å²) >= 11 is 5.84. The summed E-state index contributed by atoms with van der Waals surface area (Å²) < 4.78 is 27.5. The van der Waals surface area contributed by atoms with Crippen LogP contribution in [0, 0.1) is 6.92 Å². The van der Waals surface area contributed by atoms with E-state index < -0.39 is 21.5 Å². The highest BCUT2D eigenvalue weighted by atomic mass is 35.5. The van der Waals surface area contributed by atoms with Gasteiger partial charge in [0.15, 0.2) is 0 Å². The fourth-order valence-corrected chi connectivity index (χ4v) is 4.38. The first-order chi connectivity index (χ1) is 9.15. The van der Waals surface area contributed by atoms with Gasteiger partial charge in [-0.1, -0.05) is 11.6 Å². The van der Waals surface area contributed by atoms with E-state index in [1.54, 1.807) is 0 Å². The van der Waals surface area contributed by atoms with E-state index in [1.165, 1.54) is 19.1 Å². The molecule has 1 aromatic rings. The lowest BCUT2D eigenvalue weighted by Crippen LogP contribution is -2.50. The van der Waals surface area contributed by atoms with Crippen LogP contribution >= 0.6 is 11.6 Å². The number of carboxylic acid groups (broad SMARTS) is 1. The van der Waals surface area contributed by atoms with Gasteiger partial charge in [-0.3, -0.25) is 0 Å². The molecule has 110 valence electrons. The van der Waals surface area contributed by atoms with Crippen LogP contribution in [0.4, 0.5) is 0 Å². The van der Waals surface area contributed by atoms with Gasteiger partial charge >= 0.3 is 5.97 Å². The van der Waals surface area contributed by atoms with Gasteiger partial charge in [0.1, 0.15) is 0 Å². The first-order valence-electron chi connectivity index (χ1n) is 6.22. The number of carboxylic acids is 1. The van der Waals surface area contributed by atoms with Crippen molar-refractivity contribution in [2.24, 2.45) is 0 Å². The number of hydrogen-bond acceptors (Lipinski definition) is 3. The highest BCUT2D eigenvalue weighted by Gasteiger charge is 2.37. The standard InChI is InChI=1S/C13H16ClNO4S/c1-8-10(12(16)17)6-9(14)7-11(8)20(18,19)15-13(2)4-3-5-13/h6-7,15H,3-5H2,1-2H3,(H,16,17). The molecule has 1 fully saturated rings. The van der Waals surface area contributed by atoms with Crippen LogP contribution in [-0.2, 0) is 10.0 Å². The maximum atomic E-state index is 12.4. The van der Waals surface area contributed by atoms with Gasteiger partial charge in [-0.05, 0) is 50.8 Å². The van der Waals surface area contributed by atoms with Gasteiger partial charge in [0, 0.05) is 10.6 Å². The Morgan fingerprint density at radius 2 is 2.00 bits per heavy atom. The van der Waals surface area contributed by atoms with Gasteiger partial charge in [-0.2, -0.15) is 0 Å². The van der Waals surface area contributed by atoms with Gasteiger partial charge in [-0.25, -0.2) is 17.9 Å². The second-order valence-corrected chi connectivity index (χ2v) is 7.49. The summed E-state index contributed by atoms with van der Waals surface area (Å²) in [5, 5.41) is 9.19. The Bertz CT molecular complexity index is 665. The molecule has 20 heavy (non-hydrogen) atoms. The first-order valence-corrected chi connectivity index (χ1v) is 8.08. The Balaban J connectivity index is 2.48. The average molecular weight is 318 g/mol. The number of carbonyl (C=O) groups is 1. The van der Waals surface area contributed by atoms with Gasteiger partial charge in [0.25, 0.3) is 0 Å². The van der Waals surface area contributed by atoms with Crippen molar-refractivity contribution in [3.05, 3.63) is 28.3 Å². The molecule has 0 bridgehead atoms. The monoisotopic (exact) mass is 317 g/mol. The Morgan fingerprint density at radius 3 is 2.45 bits per heavy atom. The van der Waals surface area contributed by atoms with Crippen molar-refractivity contribution < 1.29 is 18.3 Å². The van der Waals surface area contributed by atoms with Crippen LogP contribution in [0.2, 0.25) is 5.02 Å². The summed E-state index contributed by atoms with van der Waals surface area (Å²) in [7, 11) is -3.79. The van der Waals surface area contributed by atoms with Crippen LogP contribution in [-0.4, -0.2) is 25.0 Å². The summed E-state index contributed by atoms with van der Waals surface area (Å²) in [6.45, 7) is 3.31. The number of halogens is 1. The fourth-order valence-electron chi connectivity index (χ4n) is 2.34. The zero-order valence-corrected chi connectivity index (χ0v) is 12.8. The molecule has 0 aromatic heterocycles. The molecule has 1 aliphatic rings. The summed E-state index contributed by atoms with van der Waals surface area (Å²) in [6.07, 6.45) is 2.53. The van der Waals surface area contributed by atoms with Crippen molar-refractivity contribution in [1.82, 2.24) is 4.72 Å². The average Bonchev–Trinajstić information content (AvgIpc) is 2.28. The molecule has 0 heterocycles. The van der Waals surface area contributed by atoms with Crippen molar-refractivity contribution >= 4 is 27.6 Å². The molecule has 1 aliphatic carbocycles. The summed E-state index contributed by atoms with van der Waals surface area (Å²) in [6, 6.07) is 2.54. The largest absolute Gasteiger partial charge is 0.478 e. The number of nitrogens with one attached hydrogen (secondary N) is 1. The van der Waals surface area contributed by atoms with E-state index in [9.17, 15) is 13.2 Å². The summed E-state index contributed by atoms with van der Waals surface area (Å²) in [5.41, 5.74) is -0.356. The molecule has 0 saturated heterocycles. The van der Waals surface area contributed by atoms with E-state index in [0.29, 0.717) is 0 Å². The van der Waals surface area contributed by atoms with Crippen LogP contribution in [0.5, 0.6) is 0 Å². The molecule has 5 nitrogen and oxygen atoms in total. The van der Waals surface area contributed by atoms with Crippen LogP contribution < -0.4 is 4.72 Å². The highest BCUT2D eigenvalue weighted by Crippen LogP contribution is 2.33. The SMILES string of the molecule is Cc1c(C(=O)O)cc(Cl)cc1S(=O)(=O)NC1(C)CCC1. The van der Waals surface area contributed by atoms with Gasteiger partial charge in [0.2, 0.25) is 10.0 Å². The molecule has 2 rings (SSSR count). The van der Waals surface area contributed by atoms with Crippen LogP contribution in [0.3, 0.4) is 0 Å². The zero-order valence-electron chi connectivity index (χ0n) is 11.2. The Morgan fingerprint density at radius 1 is 1.40 bits per heavy atom. The van der Waals surface area contributed by atoms with Crippen molar-refractivity contribution in [1.29, 1.82) is 0 Å². The number of sulfonamides is 1. The number of rotatable bonds is 4. The fraction of sp³-hybridized carbons (Fsp3) is 0.462. The smallest absolute Gasteiger partial charge is 0.336 e. The van der Waals surface area contributed by atoms with Crippen LogP contribution in [0.15, 0.2) is 17.0 Å². The van der Waals surface area contributed by atoms with E-state index >= 15 is 0 Å². The third-order valence-corrected chi connectivity index (χ3v) is 5.67. The molecule has 0 spiro atoms. The van der Waals surface area contributed by atoms with Gasteiger partial charge in [-0.15, -0.1) is 0 Å². The molecule has 0 radical (unpaired) electrons. The maximum Gasteiger partial charge on any atom is 0.336 e. The highest BCUT2D eigenvalue weighted by molar-refractivity contribution is 7.89. The van der Waals surface area contributed by atoms with Crippen LogP contribution in [0.25, 0.3) is 0 Å². The topological polar surface area (TPSA) is 83.5 Å². The van der Waals surface area contributed by atoms with Gasteiger partial charge in [0.05, 0.1) is 10.5 Å². The van der Waals surface area contributed by atoms with Crippen molar-refractivity contribution in [3.8, 4) is 0 Å². The minimum atomic E-state index is -3.79. The zero-order chi connectivity index (χ0) is 15.1. The Kier molecular flexibility index (Phi) is 3.83. The summed E-state index contributed by atoms with van der Waals surface area (Å²) in [5.74, 6) is -1.20. The minimum absolute atomic E-state index is 0.0736. The number of hydrogen-bond donors (Lipinski definition) is 2. The van der Waals surface area contributed by atoms with E-state index in [0.717, 1.165) is 19.3 Å². The quantitative estimate of drug-likeness (QED) is 0.894. The van der Waals surface area contributed by atoms with Crippen molar-refractivity contribution in [2.75, 3.05) is 0 Å². The predicted molar refractivity (Wildman–Crippen MR) is 75.7 cm³/mol. The molecular weight excluding hydrogens is 302 g/mol. The second kappa shape index (κ2) is 5.02. The molecule has 7 heteroatoms. The van der Waals surface area contributed by atoms with E-state index in [-0.39, 0.29) is 21.0 Å². The summed E-state index contributed by atoms with van der Waals surface area (Å²) in [4.78, 5) is 11.1. The number of aromatic carboxylic acids is 1. The Hall–Kier alpha value is -1.11. The van der Waals surface area contributed by atoms with Crippen molar-refractivity contribution in [2.45, 2.75) is 43.5 Å². The molecule has 2 N–H and O–H groups in total. The predicted octanol–water partition coefficient (Wildman–Crippen LogP) is 2.57. The van der Waals surface area contributed by atoms with Crippen LogP contribution in [0.1, 0.15) is 42.1 Å². The van der Waals surface area contributed by atoms with E-state index in [1.807, 2.05) is 6.92 Å². The lowest BCUT2D eigenvalue weighted by molar-refractivity contribution is 0.0696. The second-order valence-electron chi connectivity index (χ2n) is 5.40. The normalized spacial score (nSPS) is 17.6. The molecule has 1 saturated carbocycles. The lowest BCUT2D eigenvalue weighted by Gasteiger charge is -2.38. The minimum Gasteiger partial charge on any atom is -0.478 e. The van der Waals surface area contributed by atoms with Crippen molar-refractivity contribution in [3.63, 3.8) is 0 Å². The third kappa shape index (κ3) is 2.82.